The summed E-state index contributed by atoms with van der Waals surface area (Å²) in [4.78, 5) is 0. The topological polar surface area (TPSA) is 23.0 Å². The molecule has 0 radical (unpaired) electrons. The van der Waals surface area contributed by atoms with Crippen molar-refractivity contribution >= 4 is 65.6 Å². The maximum Gasteiger partial charge on any atom is 0.136 e. The molecule has 0 saturated carbocycles. The zero-order valence-corrected chi connectivity index (χ0v) is 24.3. The predicted molar refractivity (Wildman–Crippen MR) is 188 cm³/mol. The third-order valence-corrected chi connectivity index (χ3v) is 9.32. The van der Waals surface area contributed by atoms with Gasteiger partial charge in [-0.2, -0.15) is 0 Å². The molecule has 10 aromatic rings. The molecule has 210 valence electrons. The van der Waals surface area contributed by atoms with Crippen LogP contribution in [-0.2, 0) is 0 Å². The first kappa shape index (κ1) is 24.4. The summed E-state index contributed by atoms with van der Waals surface area (Å²) in [6, 6.07) is 56.5. The monoisotopic (exact) mass is 574 g/mol. The van der Waals surface area contributed by atoms with Gasteiger partial charge in [0.05, 0.1) is 27.8 Å². The van der Waals surface area contributed by atoms with Crippen LogP contribution in [0.4, 0.5) is 0 Å². The number of hydrogen-bond acceptors (Lipinski definition) is 1. The minimum atomic E-state index is 0.916. The molecule has 3 aromatic heterocycles. The second kappa shape index (κ2) is 9.22. The molecule has 3 nitrogen and oxygen atoms in total. The van der Waals surface area contributed by atoms with Gasteiger partial charge < -0.3 is 13.6 Å². The summed E-state index contributed by atoms with van der Waals surface area (Å²) in [6.07, 6.45) is 0. The molecule has 10 rings (SSSR count). The number of rotatable bonds is 3. The molecule has 0 atom stereocenters. The van der Waals surface area contributed by atoms with Crippen molar-refractivity contribution in [2.24, 2.45) is 0 Å². The molecule has 0 N–H and O–H groups in total. The maximum absolute atomic E-state index is 6.32. The van der Waals surface area contributed by atoms with Crippen molar-refractivity contribution in [3.8, 4) is 22.5 Å². The summed E-state index contributed by atoms with van der Waals surface area (Å²) < 4.78 is 11.1. The van der Waals surface area contributed by atoms with Crippen LogP contribution in [0.3, 0.4) is 0 Å². The maximum atomic E-state index is 6.32. The third-order valence-electron chi connectivity index (χ3n) is 9.32. The van der Waals surface area contributed by atoms with Crippen molar-refractivity contribution in [1.82, 2.24) is 9.13 Å². The Labute approximate surface area is 258 Å². The number of fused-ring (bicyclic) bond motifs is 10. The highest BCUT2D eigenvalue weighted by Gasteiger charge is 2.20. The van der Waals surface area contributed by atoms with E-state index in [9.17, 15) is 0 Å². The Kier molecular flexibility index (Phi) is 5.00. The fraction of sp³-hybridized carbons (Fsp3) is 0. The smallest absolute Gasteiger partial charge is 0.136 e. The van der Waals surface area contributed by atoms with Crippen LogP contribution in [0.2, 0.25) is 0 Å². The van der Waals surface area contributed by atoms with E-state index in [0.29, 0.717) is 0 Å². The van der Waals surface area contributed by atoms with Crippen LogP contribution in [0, 0.1) is 0 Å². The second-order valence-corrected chi connectivity index (χ2v) is 11.7. The second-order valence-electron chi connectivity index (χ2n) is 11.7. The number of para-hydroxylation sites is 5. The largest absolute Gasteiger partial charge is 0.456 e. The lowest BCUT2D eigenvalue weighted by Crippen LogP contribution is -1.98. The van der Waals surface area contributed by atoms with Crippen LogP contribution < -0.4 is 0 Å². The van der Waals surface area contributed by atoms with Crippen LogP contribution in [0.25, 0.3) is 88.1 Å². The van der Waals surface area contributed by atoms with Crippen molar-refractivity contribution in [2.45, 2.75) is 0 Å². The number of benzene rings is 7. The average molecular weight is 575 g/mol. The molecule has 0 saturated heterocycles. The van der Waals surface area contributed by atoms with Crippen LogP contribution >= 0.6 is 0 Å². The van der Waals surface area contributed by atoms with Crippen molar-refractivity contribution in [3.05, 3.63) is 158 Å². The standard InChI is InChI=1S/C42H26N2O/c1-6-19-34(44-37-22-9-4-17-32(37)41-38(44)24-25-40-42(41)33-18-5-10-23-39(33)45-40)29(14-1)27-12-11-13-28(26-27)43-35-20-7-2-15-30(35)31-16-3-8-21-36(31)43/h1-26H. The van der Waals surface area contributed by atoms with Crippen molar-refractivity contribution in [3.63, 3.8) is 0 Å². The minimum absolute atomic E-state index is 0.916. The van der Waals surface area contributed by atoms with Crippen molar-refractivity contribution in [2.75, 3.05) is 0 Å². The molecule has 45 heavy (non-hydrogen) atoms. The van der Waals surface area contributed by atoms with Gasteiger partial charge >= 0.3 is 0 Å². The molecule has 0 amide bonds. The van der Waals surface area contributed by atoms with E-state index in [1.54, 1.807) is 0 Å². The quantitative estimate of drug-likeness (QED) is 0.206. The summed E-state index contributed by atoms with van der Waals surface area (Å²) in [5.41, 5.74) is 11.2. The van der Waals surface area contributed by atoms with E-state index in [0.717, 1.165) is 27.9 Å². The van der Waals surface area contributed by atoms with Gasteiger partial charge in [0, 0.05) is 43.6 Å². The highest BCUT2D eigenvalue weighted by atomic mass is 16.3. The van der Waals surface area contributed by atoms with Gasteiger partial charge in [-0.1, -0.05) is 103 Å². The molecule has 0 aliphatic carbocycles. The Hall–Kier alpha value is -6.06. The fourth-order valence-electron chi connectivity index (χ4n) is 7.46. The lowest BCUT2D eigenvalue weighted by molar-refractivity contribution is 0.669. The number of nitrogens with zero attached hydrogens (tertiary/aromatic N) is 2. The summed E-state index contributed by atoms with van der Waals surface area (Å²) in [6.45, 7) is 0. The van der Waals surface area contributed by atoms with Gasteiger partial charge in [-0.05, 0) is 60.2 Å². The first-order valence-corrected chi connectivity index (χ1v) is 15.4. The Morgan fingerprint density at radius 2 is 1.00 bits per heavy atom. The van der Waals surface area contributed by atoms with Gasteiger partial charge in [0.15, 0.2) is 0 Å². The van der Waals surface area contributed by atoms with E-state index in [2.05, 4.69) is 161 Å². The number of aromatic nitrogens is 2. The molecule has 0 bridgehead atoms. The SMILES string of the molecule is c1cc(-c2ccccc2-n2c3ccccc3c3c4c(ccc32)oc2ccccc24)cc(-n2c3ccccc3c3ccccc32)c1. The van der Waals surface area contributed by atoms with E-state index in [1.165, 1.54) is 60.1 Å². The van der Waals surface area contributed by atoms with Gasteiger partial charge in [0.2, 0.25) is 0 Å². The molecule has 0 unspecified atom stereocenters. The van der Waals surface area contributed by atoms with Gasteiger partial charge in [-0.15, -0.1) is 0 Å². The Bertz CT molecular complexity index is 2720. The average Bonchev–Trinajstić information content (AvgIpc) is 3.76. The summed E-state index contributed by atoms with van der Waals surface area (Å²) in [5.74, 6) is 0. The molecule has 0 aliphatic rings. The molecule has 7 aromatic carbocycles. The number of furan rings is 1. The Morgan fingerprint density at radius 3 is 1.78 bits per heavy atom. The third kappa shape index (κ3) is 3.41. The van der Waals surface area contributed by atoms with Gasteiger partial charge in [0.25, 0.3) is 0 Å². The summed E-state index contributed by atoms with van der Waals surface area (Å²) in [5, 5.41) is 7.29. The van der Waals surface area contributed by atoms with Gasteiger partial charge in [-0.3, -0.25) is 0 Å². The Balaban J connectivity index is 1.25. The molecule has 3 heterocycles. The Morgan fingerprint density at radius 1 is 0.378 bits per heavy atom. The summed E-state index contributed by atoms with van der Waals surface area (Å²) >= 11 is 0. The van der Waals surface area contributed by atoms with E-state index >= 15 is 0 Å². The first-order valence-electron chi connectivity index (χ1n) is 15.4. The lowest BCUT2D eigenvalue weighted by atomic mass is 10.0. The van der Waals surface area contributed by atoms with Gasteiger partial charge in [0.1, 0.15) is 11.2 Å². The minimum Gasteiger partial charge on any atom is -0.456 e. The van der Waals surface area contributed by atoms with E-state index in [1.807, 2.05) is 6.07 Å². The zero-order valence-electron chi connectivity index (χ0n) is 24.3. The van der Waals surface area contributed by atoms with Crippen LogP contribution in [0.15, 0.2) is 162 Å². The van der Waals surface area contributed by atoms with Crippen molar-refractivity contribution < 1.29 is 4.42 Å². The van der Waals surface area contributed by atoms with E-state index in [4.69, 9.17) is 4.42 Å². The van der Waals surface area contributed by atoms with E-state index in [-0.39, 0.29) is 0 Å². The molecule has 3 heteroatoms. The molecule has 0 fully saturated rings. The number of hydrogen-bond donors (Lipinski definition) is 0. The predicted octanol–water partition coefficient (Wildman–Crippen LogP) is 11.4. The lowest BCUT2D eigenvalue weighted by Gasteiger charge is -2.15. The van der Waals surface area contributed by atoms with Crippen LogP contribution in [0.1, 0.15) is 0 Å². The molecular weight excluding hydrogens is 548 g/mol. The normalized spacial score (nSPS) is 12.0. The highest BCUT2D eigenvalue weighted by Crippen LogP contribution is 2.43. The van der Waals surface area contributed by atoms with Crippen LogP contribution in [-0.4, -0.2) is 9.13 Å². The molecule has 0 aliphatic heterocycles. The molecular formula is C42H26N2O. The van der Waals surface area contributed by atoms with Crippen molar-refractivity contribution in [1.29, 1.82) is 0 Å². The van der Waals surface area contributed by atoms with Crippen LogP contribution in [0.5, 0.6) is 0 Å². The van der Waals surface area contributed by atoms with E-state index < -0.39 is 0 Å². The fourth-order valence-corrected chi connectivity index (χ4v) is 7.46. The molecule has 0 spiro atoms. The first-order chi connectivity index (χ1) is 22.3. The zero-order chi connectivity index (χ0) is 29.5. The highest BCUT2D eigenvalue weighted by molar-refractivity contribution is 6.27. The van der Waals surface area contributed by atoms with Gasteiger partial charge in [-0.25, -0.2) is 0 Å². The summed E-state index contributed by atoms with van der Waals surface area (Å²) in [7, 11) is 0.